The predicted octanol–water partition coefficient (Wildman–Crippen LogP) is 6.80. The van der Waals surface area contributed by atoms with Crippen LogP contribution in [0.2, 0.25) is 0 Å². The summed E-state index contributed by atoms with van der Waals surface area (Å²) < 4.78 is 16.5. The fraction of sp³-hybridized carbons (Fsp3) is 0.913. The second-order valence-electron chi connectivity index (χ2n) is 7.51. The number of hydrogen-bond donors (Lipinski definition) is 0. The molecule has 0 unspecified atom stereocenters. The van der Waals surface area contributed by atoms with Crippen molar-refractivity contribution in [1.82, 2.24) is 0 Å². The smallest absolute Gasteiger partial charge is 0.157 e. The Morgan fingerprint density at radius 1 is 0.692 bits per heavy atom. The van der Waals surface area contributed by atoms with E-state index in [0.717, 1.165) is 39.3 Å². The summed E-state index contributed by atoms with van der Waals surface area (Å²) in [5.41, 5.74) is 0. The van der Waals surface area contributed by atoms with E-state index in [4.69, 9.17) is 14.2 Å². The van der Waals surface area contributed by atoms with Gasteiger partial charge in [0, 0.05) is 19.6 Å². The van der Waals surface area contributed by atoms with Gasteiger partial charge in [-0.25, -0.2) is 0 Å². The molecule has 0 spiro atoms. The van der Waals surface area contributed by atoms with Gasteiger partial charge >= 0.3 is 0 Å². The highest BCUT2D eigenvalue weighted by atomic mass is 16.7. The molecule has 0 amide bonds. The van der Waals surface area contributed by atoms with Crippen molar-refractivity contribution >= 4 is 0 Å². The maximum Gasteiger partial charge on any atom is 0.157 e. The fourth-order valence-electron chi connectivity index (χ4n) is 3.30. The molecule has 0 atom stereocenters. The molecular weight excluding hydrogens is 324 g/mol. The first-order chi connectivity index (χ1) is 12.9. The second-order valence-corrected chi connectivity index (χ2v) is 7.51. The maximum absolute atomic E-state index is 5.68. The predicted molar refractivity (Wildman–Crippen MR) is 111 cm³/mol. The molecule has 0 radical (unpaired) electrons. The lowest BCUT2D eigenvalue weighted by Gasteiger charge is -2.08. The van der Waals surface area contributed by atoms with Crippen LogP contribution in [0.4, 0.5) is 0 Å². The van der Waals surface area contributed by atoms with Crippen LogP contribution in [0.1, 0.15) is 103 Å². The van der Waals surface area contributed by atoms with Crippen molar-refractivity contribution in [2.45, 2.75) is 110 Å². The van der Waals surface area contributed by atoms with Crippen LogP contribution in [0.3, 0.4) is 0 Å². The molecule has 3 heteroatoms. The van der Waals surface area contributed by atoms with E-state index in [2.05, 4.69) is 19.1 Å². The Balaban J connectivity index is 1.67. The van der Waals surface area contributed by atoms with Gasteiger partial charge in [0.15, 0.2) is 6.29 Å². The third-order valence-electron chi connectivity index (χ3n) is 4.97. The first kappa shape index (κ1) is 23.7. The van der Waals surface area contributed by atoms with E-state index in [0.29, 0.717) is 0 Å². The van der Waals surface area contributed by atoms with Gasteiger partial charge < -0.3 is 14.2 Å². The summed E-state index contributed by atoms with van der Waals surface area (Å²) in [4.78, 5) is 0. The number of unbranched alkanes of at least 4 members (excludes halogenated alkanes) is 11. The Morgan fingerprint density at radius 3 is 1.88 bits per heavy atom. The molecule has 1 heterocycles. The van der Waals surface area contributed by atoms with Gasteiger partial charge in [0.2, 0.25) is 0 Å². The van der Waals surface area contributed by atoms with E-state index >= 15 is 0 Å². The van der Waals surface area contributed by atoms with Crippen molar-refractivity contribution in [1.29, 1.82) is 0 Å². The van der Waals surface area contributed by atoms with E-state index in [-0.39, 0.29) is 6.29 Å². The zero-order chi connectivity index (χ0) is 18.5. The van der Waals surface area contributed by atoms with Gasteiger partial charge in [-0.05, 0) is 38.5 Å². The van der Waals surface area contributed by atoms with Crippen molar-refractivity contribution in [3.05, 3.63) is 12.2 Å². The van der Waals surface area contributed by atoms with Crippen molar-refractivity contribution in [2.24, 2.45) is 0 Å². The molecule has 0 N–H and O–H groups in total. The maximum atomic E-state index is 5.68. The standard InChI is InChI=1S/C23H44O3/c1-2-3-4-5-6-7-8-9-10-11-12-13-14-15-16-19-24-20-17-18-23-25-21-22-26-23/h9-10,23H,2-8,11-22H2,1H3/b10-9-. The summed E-state index contributed by atoms with van der Waals surface area (Å²) in [7, 11) is 0. The minimum absolute atomic E-state index is 0.0263. The highest BCUT2D eigenvalue weighted by Gasteiger charge is 2.14. The largest absolute Gasteiger partial charge is 0.381 e. The van der Waals surface area contributed by atoms with E-state index in [1.165, 1.54) is 83.5 Å². The molecule has 1 rings (SSSR count). The van der Waals surface area contributed by atoms with Crippen LogP contribution in [-0.2, 0) is 14.2 Å². The first-order valence-electron chi connectivity index (χ1n) is 11.4. The molecule has 0 aromatic rings. The zero-order valence-electron chi connectivity index (χ0n) is 17.4. The SMILES string of the molecule is CCCCCCCC/C=C\CCCCCCCOCCCC1OCCO1. The quantitative estimate of drug-likeness (QED) is 0.185. The molecular formula is C23H44O3. The summed E-state index contributed by atoms with van der Waals surface area (Å²) in [5, 5.41) is 0. The normalized spacial score (nSPS) is 15.4. The second kappa shape index (κ2) is 19.4. The Labute approximate surface area is 162 Å². The van der Waals surface area contributed by atoms with Crippen LogP contribution in [-0.4, -0.2) is 32.7 Å². The van der Waals surface area contributed by atoms with Crippen molar-refractivity contribution in [3.63, 3.8) is 0 Å². The van der Waals surface area contributed by atoms with Gasteiger partial charge in [0.1, 0.15) is 0 Å². The van der Waals surface area contributed by atoms with Gasteiger partial charge in [0.25, 0.3) is 0 Å². The Kier molecular flexibility index (Phi) is 17.6. The molecule has 0 bridgehead atoms. The lowest BCUT2D eigenvalue weighted by molar-refractivity contribution is -0.0516. The summed E-state index contributed by atoms with van der Waals surface area (Å²) >= 11 is 0. The Morgan fingerprint density at radius 2 is 1.23 bits per heavy atom. The molecule has 1 saturated heterocycles. The van der Waals surface area contributed by atoms with Gasteiger partial charge in [0.05, 0.1) is 13.2 Å². The molecule has 0 saturated carbocycles. The molecule has 1 aliphatic heterocycles. The minimum Gasteiger partial charge on any atom is -0.381 e. The van der Waals surface area contributed by atoms with Crippen LogP contribution >= 0.6 is 0 Å². The molecule has 0 aromatic carbocycles. The number of rotatable bonds is 19. The molecule has 26 heavy (non-hydrogen) atoms. The fourth-order valence-corrected chi connectivity index (χ4v) is 3.30. The molecule has 0 aromatic heterocycles. The van der Waals surface area contributed by atoms with Crippen LogP contribution in [0.25, 0.3) is 0 Å². The Bertz CT molecular complexity index is 298. The summed E-state index contributed by atoms with van der Waals surface area (Å²) in [6.45, 7) is 5.53. The van der Waals surface area contributed by atoms with Gasteiger partial charge in [-0.3, -0.25) is 0 Å². The summed E-state index contributed by atoms with van der Waals surface area (Å²) in [6.07, 6.45) is 24.3. The Hall–Kier alpha value is -0.380. The molecule has 0 aliphatic carbocycles. The van der Waals surface area contributed by atoms with E-state index in [1.807, 2.05) is 0 Å². The van der Waals surface area contributed by atoms with Crippen molar-refractivity contribution in [3.8, 4) is 0 Å². The van der Waals surface area contributed by atoms with Crippen LogP contribution in [0.5, 0.6) is 0 Å². The molecule has 1 aliphatic rings. The number of allylic oxidation sites excluding steroid dienone is 2. The minimum atomic E-state index is 0.0263. The van der Waals surface area contributed by atoms with E-state index < -0.39 is 0 Å². The van der Waals surface area contributed by atoms with Crippen LogP contribution in [0, 0.1) is 0 Å². The van der Waals surface area contributed by atoms with E-state index in [1.54, 1.807) is 0 Å². The summed E-state index contributed by atoms with van der Waals surface area (Å²) in [6, 6.07) is 0. The zero-order valence-corrected chi connectivity index (χ0v) is 17.4. The molecule has 1 fully saturated rings. The van der Waals surface area contributed by atoms with Gasteiger partial charge in [-0.2, -0.15) is 0 Å². The monoisotopic (exact) mass is 368 g/mol. The lowest BCUT2D eigenvalue weighted by Crippen LogP contribution is -2.09. The first-order valence-corrected chi connectivity index (χ1v) is 11.4. The highest BCUT2D eigenvalue weighted by molar-refractivity contribution is 4.81. The van der Waals surface area contributed by atoms with Crippen LogP contribution in [0.15, 0.2) is 12.2 Å². The molecule has 3 nitrogen and oxygen atoms in total. The average Bonchev–Trinajstić information content (AvgIpc) is 3.17. The van der Waals surface area contributed by atoms with Gasteiger partial charge in [-0.15, -0.1) is 0 Å². The third-order valence-corrected chi connectivity index (χ3v) is 4.97. The summed E-state index contributed by atoms with van der Waals surface area (Å²) in [5.74, 6) is 0. The third kappa shape index (κ3) is 15.8. The number of hydrogen-bond acceptors (Lipinski definition) is 3. The van der Waals surface area contributed by atoms with E-state index in [9.17, 15) is 0 Å². The van der Waals surface area contributed by atoms with Crippen LogP contribution < -0.4 is 0 Å². The van der Waals surface area contributed by atoms with Crippen molar-refractivity contribution < 1.29 is 14.2 Å². The number of ether oxygens (including phenoxy) is 3. The lowest BCUT2D eigenvalue weighted by atomic mass is 10.1. The van der Waals surface area contributed by atoms with Gasteiger partial charge in [-0.1, -0.05) is 70.4 Å². The molecule has 154 valence electrons. The average molecular weight is 369 g/mol. The highest BCUT2D eigenvalue weighted by Crippen LogP contribution is 2.11. The van der Waals surface area contributed by atoms with Crippen molar-refractivity contribution in [2.75, 3.05) is 26.4 Å². The topological polar surface area (TPSA) is 27.7 Å².